The van der Waals surface area contributed by atoms with Crippen LogP contribution in [-0.4, -0.2) is 12.2 Å². The first-order valence-corrected chi connectivity index (χ1v) is 6.16. The van der Waals surface area contributed by atoms with E-state index in [0.717, 1.165) is 11.8 Å². The summed E-state index contributed by atoms with van der Waals surface area (Å²) in [4.78, 5) is 22.8. The fourth-order valence-electron chi connectivity index (χ4n) is 1.89. The Morgan fingerprint density at radius 3 is 2.16 bits per heavy atom. The number of carbonyl (C=O) groups is 2. The molecule has 0 aliphatic heterocycles. The molecule has 2 aromatic rings. The summed E-state index contributed by atoms with van der Waals surface area (Å²) in [5, 5.41) is 2.88. The zero-order valence-electron chi connectivity index (χ0n) is 10.5. The van der Waals surface area contributed by atoms with Crippen molar-refractivity contribution in [3.05, 3.63) is 71.8 Å². The Balaban J connectivity index is 2.14. The van der Waals surface area contributed by atoms with Gasteiger partial charge in [-0.3, -0.25) is 4.79 Å². The lowest BCUT2D eigenvalue weighted by molar-refractivity contribution is -0.108. The van der Waals surface area contributed by atoms with E-state index in [1.807, 2.05) is 48.5 Å². The molecule has 1 amide bonds. The normalized spacial score (nSPS) is 11.6. The molecule has 0 saturated carbocycles. The number of nitrogens with one attached hydrogen (secondary N) is 1. The summed E-state index contributed by atoms with van der Waals surface area (Å²) in [5.74, 6) is -0.170. The standard InChI is InChI=1S/C16H15NO2/c18-12-11-15(13-7-3-1-4-8-13)17-16(19)14-9-5-2-6-10-14/h1-10,12,15H,11H2,(H,17,19)/t15-/m0/s1. The summed E-state index contributed by atoms with van der Waals surface area (Å²) >= 11 is 0. The topological polar surface area (TPSA) is 46.2 Å². The quantitative estimate of drug-likeness (QED) is 0.833. The van der Waals surface area contributed by atoms with Gasteiger partial charge in [-0.25, -0.2) is 0 Å². The molecule has 3 nitrogen and oxygen atoms in total. The summed E-state index contributed by atoms with van der Waals surface area (Å²) in [7, 11) is 0. The van der Waals surface area contributed by atoms with Crippen LogP contribution in [0.5, 0.6) is 0 Å². The smallest absolute Gasteiger partial charge is 0.251 e. The van der Waals surface area contributed by atoms with Crippen molar-refractivity contribution < 1.29 is 9.59 Å². The van der Waals surface area contributed by atoms with Gasteiger partial charge in [0.1, 0.15) is 6.29 Å². The molecule has 0 bridgehead atoms. The Morgan fingerprint density at radius 1 is 1.00 bits per heavy atom. The van der Waals surface area contributed by atoms with Crippen molar-refractivity contribution in [2.24, 2.45) is 0 Å². The molecule has 0 fully saturated rings. The number of rotatable bonds is 5. The Morgan fingerprint density at radius 2 is 1.58 bits per heavy atom. The van der Waals surface area contributed by atoms with E-state index in [-0.39, 0.29) is 18.4 Å². The lowest BCUT2D eigenvalue weighted by Gasteiger charge is -2.16. The van der Waals surface area contributed by atoms with Crippen LogP contribution in [0, 0.1) is 0 Å². The Labute approximate surface area is 112 Å². The van der Waals surface area contributed by atoms with Crippen LogP contribution in [-0.2, 0) is 4.79 Å². The van der Waals surface area contributed by atoms with E-state index < -0.39 is 0 Å². The third kappa shape index (κ3) is 3.52. The first-order chi connectivity index (χ1) is 9.31. The second kappa shape index (κ2) is 6.50. The summed E-state index contributed by atoms with van der Waals surface area (Å²) in [6.07, 6.45) is 1.09. The van der Waals surface area contributed by atoms with Crippen LogP contribution in [0.3, 0.4) is 0 Å². The number of hydrogen-bond donors (Lipinski definition) is 1. The van der Waals surface area contributed by atoms with E-state index in [9.17, 15) is 9.59 Å². The molecule has 1 N–H and O–H groups in total. The zero-order valence-corrected chi connectivity index (χ0v) is 10.5. The maximum Gasteiger partial charge on any atom is 0.251 e. The van der Waals surface area contributed by atoms with E-state index >= 15 is 0 Å². The highest BCUT2D eigenvalue weighted by molar-refractivity contribution is 5.94. The Hall–Kier alpha value is -2.42. The van der Waals surface area contributed by atoms with E-state index in [2.05, 4.69) is 5.32 Å². The largest absolute Gasteiger partial charge is 0.345 e. The van der Waals surface area contributed by atoms with Gasteiger partial charge < -0.3 is 10.1 Å². The van der Waals surface area contributed by atoms with Crippen molar-refractivity contribution in [2.45, 2.75) is 12.5 Å². The van der Waals surface area contributed by atoms with Gasteiger partial charge >= 0.3 is 0 Å². The molecule has 3 heteroatoms. The molecule has 0 aromatic heterocycles. The van der Waals surface area contributed by atoms with Crippen molar-refractivity contribution in [1.82, 2.24) is 5.32 Å². The minimum absolute atomic E-state index is 0.170. The number of amides is 1. The van der Waals surface area contributed by atoms with Gasteiger partial charge in [0, 0.05) is 12.0 Å². The summed E-state index contributed by atoms with van der Waals surface area (Å²) < 4.78 is 0. The Kier molecular flexibility index (Phi) is 4.45. The first kappa shape index (κ1) is 13.0. The van der Waals surface area contributed by atoms with Gasteiger partial charge in [-0.15, -0.1) is 0 Å². The highest BCUT2D eigenvalue weighted by atomic mass is 16.1. The van der Waals surface area contributed by atoms with Gasteiger partial charge in [0.05, 0.1) is 6.04 Å². The van der Waals surface area contributed by atoms with E-state index in [1.54, 1.807) is 12.1 Å². The van der Waals surface area contributed by atoms with Gasteiger partial charge in [0.2, 0.25) is 0 Å². The van der Waals surface area contributed by atoms with Gasteiger partial charge in [0.25, 0.3) is 5.91 Å². The summed E-state index contributed by atoms with van der Waals surface area (Å²) in [6.45, 7) is 0. The van der Waals surface area contributed by atoms with Crippen molar-refractivity contribution in [3.8, 4) is 0 Å². The van der Waals surface area contributed by atoms with Gasteiger partial charge in [-0.05, 0) is 17.7 Å². The predicted octanol–water partition coefficient (Wildman–Crippen LogP) is 2.75. The average Bonchev–Trinajstić information content (AvgIpc) is 2.48. The minimum Gasteiger partial charge on any atom is -0.345 e. The van der Waals surface area contributed by atoms with Crippen LogP contribution in [0.1, 0.15) is 28.4 Å². The predicted molar refractivity (Wildman–Crippen MR) is 73.8 cm³/mol. The maximum absolute atomic E-state index is 12.1. The summed E-state index contributed by atoms with van der Waals surface area (Å²) in [6, 6.07) is 18.2. The van der Waals surface area contributed by atoms with Crippen molar-refractivity contribution in [2.75, 3.05) is 0 Å². The van der Waals surface area contributed by atoms with Gasteiger partial charge in [-0.1, -0.05) is 48.5 Å². The first-order valence-electron chi connectivity index (χ1n) is 6.16. The third-order valence-corrected chi connectivity index (χ3v) is 2.88. The third-order valence-electron chi connectivity index (χ3n) is 2.88. The Bertz CT molecular complexity index is 537. The van der Waals surface area contributed by atoms with Crippen LogP contribution in [0.2, 0.25) is 0 Å². The fraction of sp³-hybridized carbons (Fsp3) is 0.125. The molecule has 2 aromatic carbocycles. The molecular weight excluding hydrogens is 238 g/mol. The van der Waals surface area contributed by atoms with Crippen molar-refractivity contribution in [3.63, 3.8) is 0 Å². The van der Waals surface area contributed by atoms with Crippen molar-refractivity contribution in [1.29, 1.82) is 0 Å². The average molecular weight is 253 g/mol. The molecule has 0 spiro atoms. The molecule has 0 unspecified atom stereocenters. The lowest BCUT2D eigenvalue weighted by Crippen LogP contribution is -2.28. The second-order valence-corrected chi connectivity index (χ2v) is 4.21. The second-order valence-electron chi connectivity index (χ2n) is 4.21. The SMILES string of the molecule is O=CC[C@H](NC(=O)c1ccccc1)c1ccccc1. The molecule has 0 aliphatic carbocycles. The number of benzene rings is 2. The fourth-order valence-corrected chi connectivity index (χ4v) is 1.89. The highest BCUT2D eigenvalue weighted by Crippen LogP contribution is 2.16. The highest BCUT2D eigenvalue weighted by Gasteiger charge is 2.14. The van der Waals surface area contributed by atoms with E-state index in [4.69, 9.17) is 0 Å². The maximum atomic E-state index is 12.1. The molecule has 1 atom stereocenters. The molecule has 0 aliphatic rings. The molecule has 0 heterocycles. The van der Waals surface area contributed by atoms with Crippen LogP contribution in [0.15, 0.2) is 60.7 Å². The molecule has 2 rings (SSSR count). The van der Waals surface area contributed by atoms with E-state index in [0.29, 0.717) is 5.56 Å². The van der Waals surface area contributed by atoms with Crippen LogP contribution in [0.4, 0.5) is 0 Å². The molecular formula is C16H15NO2. The molecule has 96 valence electrons. The molecule has 19 heavy (non-hydrogen) atoms. The van der Waals surface area contributed by atoms with Crippen molar-refractivity contribution >= 4 is 12.2 Å². The minimum atomic E-state index is -0.286. The van der Waals surface area contributed by atoms with Gasteiger partial charge in [-0.2, -0.15) is 0 Å². The number of hydrogen-bond acceptors (Lipinski definition) is 2. The van der Waals surface area contributed by atoms with E-state index in [1.165, 1.54) is 0 Å². The van der Waals surface area contributed by atoms with Crippen LogP contribution >= 0.6 is 0 Å². The summed E-state index contributed by atoms with van der Waals surface area (Å²) in [5.41, 5.74) is 1.52. The molecule has 0 radical (unpaired) electrons. The lowest BCUT2D eigenvalue weighted by atomic mass is 10.0. The monoisotopic (exact) mass is 253 g/mol. The van der Waals surface area contributed by atoms with Gasteiger partial charge in [0.15, 0.2) is 0 Å². The zero-order chi connectivity index (χ0) is 13.5. The number of aldehydes is 1. The van der Waals surface area contributed by atoms with Crippen LogP contribution in [0.25, 0.3) is 0 Å². The van der Waals surface area contributed by atoms with Crippen LogP contribution < -0.4 is 5.32 Å². The molecule has 0 saturated heterocycles. The number of carbonyl (C=O) groups excluding carboxylic acids is 2.